The number of ether oxygens (including phenoxy) is 2. The average Bonchev–Trinajstić information content (AvgIpc) is 3.26. The molecule has 0 saturated carbocycles. The van der Waals surface area contributed by atoms with Crippen molar-refractivity contribution < 1.29 is 31.1 Å². The molecular formula is C21H27N3O7S2. The molecule has 1 heterocycles. The van der Waals surface area contributed by atoms with Crippen molar-refractivity contribution in [2.75, 3.05) is 41.8 Å². The van der Waals surface area contributed by atoms with Crippen LogP contribution < -0.4 is 19.1 Å². The van der Waals surface area contributed by atoms with E-state index in [4.69, 9.17) is 9.47 Å². The topological polar surface area (TPSA) is 122 Å². The molecule has 1 aliphatic heterocycles. The number of sulfonamides is 2. The zero-order valence-corrected chi connectivity index (χ0v) is 20.3. The Bertz CT molecular complexity index is 1210. The average molecular weight is 498 g/mol. The van der Waals surface area contributed by atoms with Gasteiger partial charge in [-0.3, -0.25) is 9.10 Å². The van der Waals surface area contributed by atoms with Gasteiger partial charge >= 0.3 is 0 Å². The lowest BCUT2D eigenvalue weighted by Gasteiger charge is -2.23. The van der Waals surface area contributed by atoms with E-state index in [0.29, 0.717) is 30.3 Å². The zero-order valence-electron chi connectivity index (χ0n) is 18.6. The Balaban J connectivity index is 1.77. The molecular weight excluding hydrogens is 470 g/mol. The molecule has 0 fully saturated rings. The first kappa shape index (κ1) is 24.8. The lowest BCUT2D eigenvalue weighted by Crippen LogP contribution is -2.39. The third kappa shape index (κ3) is 5.40. The molecule has 180 valence electrons. The molecule has 0 saturated heterocycles. The first-order chi connectivity index (χ1) is 15.6. The SMILES string of the molecule is CCN(CC)S(=O)(=O)c1ccc(NC(=O)CN(c2ccc3c(c2)OCO3)S(=O)(=O)CC)cc1. The van der Waals surface area contributed by atoms with Crippen molar-refractivity contribution in [2.45, 2.75) is 25.7 Å². The van der Waals surface area contributed by atoms with Gasteiger partial charge in [-0.1, -0.05) is 13.8 Å². The molecule has 1 aliphatic rings. The van der Waals surface area contributed by atoms with Gasteiger partial charge in [0.2, 0.25) is 32.7 Å². The van der Waals surface area contributed by atoms with Gasteiger partial charge in [0, 0.05) is 24.8 Å². The van der Waals surface area contributed by atoms with Crippen molar-refractivity contribution in [1.29, 1.82) is 0 Å². The number of nitrogens with one attached hydrogen (secondary N) is 1. The normalized spacial score (nSPS) is 13.2. The quantitative estimate of drug-likeness (QED) is 0.534. The van der Waals surface area contributed by atoms with E-state index in [0.717, 1.165) is 4.31 Å². The van der Waals surface area contributed by atoms with Crippen molar-refractivity contribution in [3.63, 3.8) is 0 Å². The summed E-state index contributed by atoms with van der Waals surface area (Å²) in [6.07, 6.45) is 0. The summed E-state index contributed by atoms with van der Waals surface area (Å²) >= 11 is 0. The van der Waals surface area contributed by atoms with Gasteiger partial charge in [0.15, 0.2) is 11.5 Å². The maximum Gasteiger partial charge on any atom is 0.245 e. The summed E-state index contributed by atoms with van der Waals surface area (Å²) in [7, 11) is -7.39. The Labute approximate surface area is 194 Å². The molecule has 33 heavy (non-hydrogen) atoms. The fourth-order valence-corrected chi connectivity index (χ4v) is 5.82. The highest BCUT2D eigenvalue weighted by Gasteiger charge is 2.26. The first-order valence-corrected chi connectivity index (χ1v) is 13.5. The molecule has 1 N–H and O–H groups in total. The molecule has 0 spiro atoms. The van der Waals surface area contributed by atoms with E-state index in [1.165, 1.54) is 41.6 Å². The molecule has 10 nitrogen and oxygen atoms in total. The van der Waals surface area contributed by atoms with E-state index in [-0.39, 0.29) is 23.1 Å². The predicted molar refractivity (Wildman–Crippen MR) is 125 cm³/mol. The summed E-state index contributed by atoms with van der Waals surface area (Å²) in [5.41, 5.74) is 0.620. The summed E-state index contributed by atoms with van der Waals surface area (Å²) in [6, 6.07) is 10.4. The van der Waals surface area contributed by atoms with Gasteiger partial charge in [-0.25, -0.2) is 16.8 Å². The first-order valence-electron chi connectivity index (χ1n) is 10.4. The van der Waals surface area contributed by atoms with Crippen LogP contribution in [0.3, 0.4) is 0 Å². The number of hydrogen-bond donors (Lipinski definition) is 1. The standard InChI is InChI=1S/C21H27N3O7S2/c1-4-23(5-2)33(28,29)18-10-7-16(8-11-18)22-21(25)14-24(32(26,27)6-3)17-9-12-19-20(13-17)31-15-30-19/h7-13H,4-6,14-15H2,1-3H3,(H,22,25). The smallest absolute Gasteiger partial charge is 0.245 e. The van der Waals surface area contributed by atoms with E-state index in [1.807, 2.05) is 0 Å². The van der Waals surface area contributed by atoms with Crippen molar-refractivity contribution in [3.8, 4) is 11.5 Å². The van der Waals surface area contributed by atoms with E-state index < -0.39 is 32.5 Å². The van der Waals surface area contributed by atoms with Crippen molar-refractivity contribution >= 4 is 37.3 Å². The van der Waals surface area contributed by atoms with Gasteiger partial charge in [0.05, 0.1) is 16.3 Å². The monoisotopic (exact) mass is 497 g/mol. The predicted octanol–water partition coefficient (Wildman–Crippen LogP) is 2.24. The molecule has 0 radical (unpaired) electrons. The molecule has 0 aliphatic carbocycles. The van der Waals surface area contributed by atoms with Crippen LogP contribution in [0.2, 0.25) is 0 Å². The fraction of sp³-hybridized carbons (Fsp3) is 0.381. The molecule has 3 rings (SSSR count). The highest BCUT2D eigenvalue weighted by molar-refractivity contribution is 7.92. The minimum Gasteiger partial charge on any atom is -0.454 e. The third-order valence-electron chi connectivity index (χ3n) is 5.11. The summed E-state index contributed by atoms with van der Waals surface area (Å²) in [6.45, 7) is 5.27. The Morgan fingerprint density at radius 3 is 2.18 bits per heavy atom. The van der Waals surface area contributed by atoms with E-state index in [9.17, 15) is 21.6 Å². The van der Waals surface area contributed by atoms with Crippen molar-refractivity contribution in [2.24, 2.45) is 0 Å². The highest BCUT2D eigenvalue weighted by Crippen LogP contribution is 2.36. The second-order valence-corrected chi connectivity index (χ2v) is 11.2. The summed E-state index contributed by atoms with van der Waals surface area (Å²) in [5.74, 6) is 0.113. The Hall–Kier alpha value is -2.83. The van der Waals surface area contributed by atoms with Gasteiger partial charge in [0.25, 0.3) is 0 Å². The number of carbonyl (C=O) groups is 1. The van der Waals surface area contributed by atoms with Crippen molar-refractivity contribution in [3.05, 3.63) is 42.5 Å². The number of carbonyl (C=O) groups excluding carboxylic acids is 1. The Kier molecular flexibility index (Phi) is 7.50. The molecule has 1 amide bonds. The van der Waals surface area contributed by atoms with Crippen LogP contribution in [0.25, 0.3) is 0 Å². The van der Waals surface area contributed by atoms with E-state index in [2.05, 4.69) is 5.32 Å². The largest absolute Gasteiger partial charge is 0.454 e. The van der Waals surface area contributed by atoms with Gasteiger partial charge in [-0.2, -0.15) is 4.31 Å². The fourth-order valence-electron chi connectivity index (χ4n) is 3.30. The minimum absolute atomic E-state index is 0.0415. The van der Waals surface area contributed by atoms with Gasteiger partial charge in [0.1, 0.15) is 6.54 Å². The van der Waals surface area contributed by atoms with Gasteiger partial charge in [-0.05, 0) is 43.3 Å². The number of amides is 1. The van der Waals surface area contributed by atoms with E-state index >= 15 is 0 Å². The number of fused-ring (bicyclic) bond motifs is 1. The third-order valence-corrected chi connectivity index (χ3v) is 8.92. The molecule has 0 atom stereocenters. The number of benzene rings is 2. The molecule has 0 aromatic heterocycles. The molecule has 2 aromatic carbocycles. The van der Waals surface area contributed by atoms with Crippen LogP contribution in [0, 0.1) is 0 Å². The summed E-state index contributed by atoms with van der Waals surface area (Å²) < 4.78 is 63.4. The maximum absolute atomic E-state index is 12.7. The number of rotatable bonds is 10. The summed E-state index contributed by atoms with van der Waals surface area (Å²) in [4.78, 5) is 12.8. The highest BCUT2D eigenvalue weighted by atomic mass is 32.2. The molecule has 0 bridgehead atoms. The number of anilines is 2. The Morgan fingerprint density at radius 1 is 0.939 bits per heavy atom. The van der Waals surface area contributed by atoms with Gasteiger partial charge < -0.3 is 14.8 Å². The van der Waals surface area contributed by atoms with Crippen LogP contribution in [0.15, 0.2) is 47.4 Å². The second-order valence-electron chi connectivity index (χ2n) is 7.11. The lowest BCUT2D eigenvalue weighted by atomic mass is 10.2. The zero-order chi connectivity index (χ0) is 24.2. The lowest BCUT2D eigenvalue weighted by molar-refractivity contribution is -0.114. The Morgan fingerprint density at radius 2 is 1.58 bits per heavy atom. The molecule has 0 unspecified atom stereocenters. The molecule has 12 heteroatoms. The van der Waals surface area contributed by atoms with Crippen LogP contribution in [0.5, 0.6) is 11.5 Å². The van der Waals surface area contributed by atoms with Crippen LogP contribution in [-0.2, 0) is 24.8 Å². The van der Waals surface area contributed by atoms with Crippen LogP contribution in [-0.4, -0.2) is 59.2 Å². The number of nitrogens with zero attached hydrogens (tertiary/aromatic N) is 2. The molecule has 2 aromatic rings. The van der Waals surface area contributed by atoms with Gasteiger partial charge in [-0.15, -0.1) is 0 Å². The van der Waals surface area contributed by atoms with Crippen LogP contribution in [0.4, 0.5) is 11.4 Å². The van der Waals surface area contributed by atoms with Crippen LogP contribution in [0.1, 0.15) is 20.8 Å². The maximum atomic E-state index is 12.7. The second kappa shape index (κ2) is 9.98. The van der Waals surface area contributed by atoms with Crippen molar-refractivity contribution in [1.82, 2.24) is 4.31 Å². The van der Waals surface area contributed by atoms with E-state index in [1.54, 1.807) is 26.0 Å². The number of hydrogen-bond acceptors (Lipinski definition) is 7. The summed E-state index contributed by atoms with van der Waals surface area (Å²) in [5, 5.41) is 2.62. The minimum atomic E-state index is -3.77. The van der Waals surface area contributed by atoms with Crippen LogP contribution >= 0.6 is 0 Å².